The molecule has 0 heterocycles. The lowest BCUT2D eigenvalue weighted by Crippen LogP contribution is -2.29. The Morgan fingerprint density at radius 1 is 0.389 bits per heavy atom. The summed E-state index contributed by atoms with van der Waals surface area (Å²) in [5.41, 5.74) is 0. The summed E-state index contributed by atoms with van der Waals surface area (Å²) in [4.78, 5) is 27.7. The van der Waals surface area contributed by atoms with E-state index in [4.69, 9.17) is 9.47 Å². The molecule has 0 aromatic rings. The molecule has 6 nitrogen and oxygen atoms in total. The molecule has 0 radical (unpaired) electrons. The first kappa shape index (κ1) is 52.9. The second-order valence-electron chi connectivity index (χ2n) is 16.6. The van der Waals surface area contributed by atoms with Crippen LogP contribution in [-0.2, 0) is 19.1 Å². The van der Waals surface area contributed by atoms with E-state index in [0.29, 0.717) is 12.8 Å². The van der Waals surface area contributed by atoms with Crippen molar-refractivity contribution in [2.24, 2.45) is 0 Å². The number of unbranched alkanes of at least 4 members (excludes halogenated alkanes) is 24. The molecule has 1 atom stereocenters. The van der Waals surface area contributed by atoms with Crippen LogP contribution in [0.4, 0.5) is 0 Å². The molecule has 1 unspecified atom stereocenters. The van der Waals surface area contributed by atoms with Gasteiger partial charge in [-0.1, -0.05) is 175 Å². The monoisotopic (exact) mass is 766 g/mol. The van der Waals surface area contributed by atoms with Gasteiger partial charge in [0.2, 0.25) is 0 Å². The van der Waals surface area contributed by atoms with E-state index < -0.39 is 0 Å². The third-order valence-corrected chi connectivity index (χ3v) is 11.2. The molecule has 0 bridgehead atoms. The van der Waals surface area contributed by atoms with E-state index in [1.165, 1.54) is 128 Å². The van der Waals surface area contributed by atoms with E-state index in [1.807, 2.05) is 0 Å². The van der Waals surface area contributed by atoms with Gasteiger partial charge in [-0.3, -0.25) is 9.59 Å². The first-order valence-electron chi connectivity index (χ1n) is 24.2. The van der Waals surface area contributed by atoms with Gasteiger partial charge in [0.15, 0.2) is 0 Å². The van der Waals surface area contributed by atoms with E-state index in [2.05, 4.69) is 32.6 Å². The average Bonchev–Trinajstić information content (AvgIpc) is 3.16. The number of ether oxygens (including phenoxy) is 2. The number of hydrogen-bond acceptors (Lipinski definition) is 6. The van der Waals surface area contributed by atoms with Crippen LogP contribution in [0.3, 0.4) is 0 Å². The summed E-state index contributed by atoms with van der Waals surface area (Å²) in [5, 5.41) is 9.60. The summed E-state index contributed by atoms with van der Waals surface area (Å²) in [5.74, 6) is 0.0169. The number of hydrogen-bond donors (Lipinski definition) is 1. The van der Waals surface area contributed by atoms with Crippen molar-refractivity contribution in [2.75, 3.05) is 26.2 Å². The Morgan fingerprint density at radius 3 is 1.04 bits per heavy atom. The SMILES string of the molecule is CCCCCCCCC(CCCC)OC(=O)CCCCCCCN(CCO)CCCCCCCC(=O)OC(CCCCCCCC)CCCCCCCC. The molecule has 54 heavy (non-hydrogen) atoms. The second kappa shape index (κ2) is 43.0. The summed E-state index contributed by atoms with van der Waals surface area (Å²) in [6.45, 7) is 12.0. The van der Waals surface area contributed by atoms with E-state index in [0.717, 1.165) is 110 Å². The molecule has 0 saturated heterocycles. The number of aliphatic hydroxyl groups excluding tert-OH is 1. The molecule has 6 heteroatoms. The molecular formula is C48H95NO5. The fourth-order valence-corrected chi connectivity index (χ4v) is 7.65. The van der Waals surface area contributed by atoms with Crippen molar-refractivity contribution in [2.45, 2.75) is 271 Å². The largest absolute Gasteiger partial charge is 0.462 e. The van der Waals surface area contributed by atoms with Crippen molar-refractivity contribution in [3.8, 4) is 0 Å². The van der Waals surface area contributed by atoms with Gasteiger partial charge in [0.05, 0.1) is 6.61 Å². The van der Waals surface area contributed by atoms with Crippen LogP contribution in [0, 0.1) is 0 Å². The number of aliphatic hydroxyl groups is 1. The van der Waals surface area contributed by atoms with Gasteiger partial charge in [-0.15, -0.1) is 0 Å². The molecule has 0 aromatic heterocycles. The Kier molecular flexibility index (Phi) is 42.1. The molecule has 1 N–H and O–H groups in total. The minimum absolute atomic E-state index is 0.00221. The lowest BCUT2D eigenvalue weighted by molar-refractivity contribution is -0.151. The normalized spacial score (nSPS) is 12.2. The maximum Gasteiger partial charge on any atom is 0.306 e. The average molecular weight is 766 g/mol. The molecule has 0 saturated carbocycles. The van der Waals surface area contributed by atoms with Crippen molar-refractivity contribution in [3.63, 3.8) is 0 Å². The quantitative estimate of drug-likeness (QED) is 0.0492. The fraction of sp³-hybridized carbons (Fsp3) is 0.958. The Balaban J connectivity index is 4.12. The van der Waals surface area contributed by atoms with Crippen molar-refractivity contribution in [3.05, 3.63) is 0 Å². The number of rotatable bonds is 44. The van der Waals surface area contributed by atoms with Gasteiger partial charge in [0.1, 0.15) is 12.2 Å². The number of carbonyl (C=O) groups is 2. The van der Waals surface area contributed by atoms with Crippen molar-refractivity contribution in [1.29, 1.82) is 0 Å². The molecule has 322 valence electrons. The summed E-state index contributed by atoms with van der Waals surface area (Å²) in [6, 6.07) is 0. The van der Waals surface area contributed by atoms with Gasteiger partial charge in [-0.05, 0) is 83.7 Å². The summed E-state index contributed by atoms with van der Waals surface area (Å²) >= 11 is 0. The fourth-order valence-electron chi connectivity index (χ4n) is 7.65. The van der Waals surface area contributed by atoms with Gasteiger partial charge in [-0.2, -0.15) is 0 Å². The zero-order valence-corrected chi connectivity index (χ0v) is 37.0. The van der Waals surface area contributed by atoms with Crippen LogP contribution in [0.25, 0.3) is 0 Å². The maximum atomic E-state index is 12.7. The second-order valence-corrected chi connectivity index (χ2v) is 16.6. The summed E-state index contributed by atoms with van der Waals surface area (Å²) in [7, 11) is 0. The van der Waals surface area contributed by atoms with Gasteiger partial charge in [0.25, 0.3) is 0 Å². The number of nitrogens with zero attached hydrogens (tertiary/aromatic N) is 1. The number of esters is 2. The van der Waals surface area contributed by atoms with E-state index in [1.54, 1.807) is 0 Å². The topological polar surface area (TPSA) is 76.1 Å². The Hall–Kier alpha value is -1.14. The lowest BCUT2D eigenvalue weighted by Gasteiger charge is -2.21. The lowest BCUT2D eigenvalue weighted by atomic mass is 10.0. The molecule has 0 fully saturated rings. The van der Waals surface area contributed by atoms with Crippen LogP contribution in [-0.4, -0.2) is 60.4 Å². The van der Waals surface area contributed by atoms with Crippen LogP contribution in [0.2, 0.25) is 0 Å². The molecule has 0 amide bonds. The highest BCUT2D eigenvalue weighted by Crippen LogP contribution is 2.19. The minimum atomic E-state index is 0.00221. The molecular weight excluding hydrogens is 671 g/mol. The molecule has 0 spiro atoms. The zero-order chi connectivity index (χ0) is 39.6. The molecule has 0 aromatic carbocycles. The van der Waals surface area contributed by atoms with Crippen LogP contribution in [0.5, 0.6) is 0 Å². The minimum Gasteiger partial charge on any atom is -0.462 e. The Bertz CT molecular complexity index is 760. The smallest absolute Gasteiger partial charge is 0.306 e. The van der Waals surface area contributed by atoms with E-state index in [-0.39, 0.29) is 30.8 Å². The van der Waals surface area contributed by atoms with Crippen LogP contribution < -0.4 is 0 Å². The van der Waals surface area contributed by atoms with Crippen LogP contribution in [0.15, 0.2) is 0 Å². The van der Waals surface area contributed by atoms with Gasteiger partial charge in [-0.25, -0.2) is 0 Å². The third kappa shape index (κ3) is 37.8. The van der Waals surface area contributed by atoms with Crippen LogP contribution >= 0.6 is 0 Å². The predicted molar refractivity (Wildman–Crippen MR) is 232 cm³/mol. The Morgan fingerprint density at radius 2 is 0.685 bits per heavy atom. The van der Waals surface area contributed by atoms with Gasteiger partial charge < -0.3 is 19.5 Å². The summed E-state index contributed by atoms with van der Waals surface area (Å²) < 4.78 is 11.9. The highest BCUT2D eigenvalue weighted by molar-refractivity contribution is 5.69. The van der Waals surface area contributed by atoms with Crippen LogP contribution in [0.1, 0.15) is 259 Å². The van der Waals surface area contributed by atoms with Gasteiger partial charge in [0, 0.05) is 19.4 Å². The zero-order valence-electron chi connectivity index (χ0n) is 37.0. The maximum absolute atomic E-state index is 12.7. The molecule has 0 aliphatic rings. The van der Waals surface area contributed by atoms with Gasteiger partial charge >= 0.3 is 11.9 Å². The van der Waals surface area contributed by atoms with Crippen molar-refractivity contribution < 1.29 is 24.2 Å². The Labute approximate surface area is 337 Å². The standard InChI is InChI=1S/C48H95NO5/c1-5-9-13-16-21-28-36-45(35-12-8-4)53-47(51)39-31-24-19-26-33-41-49(43-44-50)42-34-27-20-25-32-40-48(52)54-46(37-29-22-17-14-10-6-2)38-30-23-18-15-11-7-3/h45-46,50H,5-44H2,1-4H3. The number of carbonyl (C=O) groups excluding carboxylic acids is 2. The highest BCUT2D eigenvalue weighted by atomic mass is 16.5. The van der Waals surface area contributed by atoms with E-state index in [9.17, 15) is 14.7 Å². The van der Waals surface area contributed by atoms with E-state index >= 15 is 0 Å². The first-order valence-corrected chi connectivity index (χ1v) is 24.2. The molecule has 0 rings (SSSR count). The van der Waals surface area contributed by atoms with Crippen molar-refractivity contribution in [1.82, 2.24) is 4.90 Å². The third-order valence-electron chi connectivity index (χ3n) is 11.2. The summed E-state index contributed by atoms with van der Waals surface area (Å²) in [6.07, 6.45) is 41.8. The first-order chi connectivity index (χ1) is 26.5. The predicted octanol–water partition coefficient (Wildman–Crippen LogP) is 14.2. The van der Waals surface area contributed by atoms with Crippen molar-refractivity contribution >= 4 is 11.9 Å². The molecule has 0 aliphatic heterocycles. The molecule has 0 aliphatic carbocycles. The highest BCUT2D eigenvalue weighted by Gasteiger charge is 2.15.